The minimum atomic E-state index is -0.673. The van der Waals surface area contributed by atoms with Gasteiger partial charge in [-0.3, -0.25) is 20.4 Å². The summed E-state index contributed by atoms with van der Waals surface area (Å²) in [6, 6.07) is 8.83. The Hall–Kier alpha value is -2.80. The summed E-state index contributed by atoms with van der Waals surface area (Å²) in [5.41, 5.74) is 5.41. The lowest BCUT2D eigenvalue weighted by Gasteiger charge is -2.11. The van der Waals surface area contributed by atoms with Crippen LogP contribution in [0.15, 0.2) is 36.4 Å². The number of carbonyl (C=O) groups is 2. The fourth-order valence-corrected chi connectivity index (χ4v) is 2.53. The molecular weight excluding hydrogens is 375 g/mol. The Morgan fingerprint density at radius 3 is 2.56 bits per heavy atom. The first-order chi connectivity index (χ1) is 12.9. The molecule has 0 aromatic heterocycles. The van der Waals surface area contributed by atoms with E-state index in [1.807, 2.05) is 6.92 Å². The highest BCUT2D eigenvalue weighted by Crippen LogP contribution is 2.22. The van der Waals surface area contributed by atoms with Gasteiger partial charge in [-0.05, 0) is 55.3 Å². The van der Waals surface area contributed by atoms with E-state index in [0.29, 0.717) is 23.8 Å². The van der Waals surface area contributed by atoms with Gasteiger partial charge in [0.15, 0.2) is 0 Å². The first-order valence-electron chi connectivity index (χ1n) is 8.22. The zero-order valence-corrected chi connectivity index (χ0v) is 15.7. The van der Waals surface area contributed by atoms with Crippen LogP contribution in [0.3, 0.4) is 0 Å². The number of ether oxygens (including phenoxy) is 2. The molecule has 0 aliphatic heterocycles. The number of nitrogens with one attached hydrogen (secondary N) is 2. The molecule has 0 radical (unpaired) electrons. The highest BCUT2D eigenvalue weighted by atomic mass is 35.5. The van der Waals surface area contributed by atoms with Crippen molar-refractivity contribution < 1.29 is 23.5 Å². The van der Waals surface area contributed by atoms with Gasteiger partial charge in [0.25, 0.3) is 5.91 Å². The highest BCUT2D eigenvalue weighted by molar-refractivity contribution is 6.30. The van der Waals surface area contributed by atoms with Crippen molar-refractivity contribution in [1.82, 2.24) is 10.9 Å². The standard InChI is InChI=1S/C19H20ClFN2O4/c1-12-10-13(20)5-7-16(12)27-9-3-4-18(24)22-23-19(25)15-11-14(21)6-8-17(15)26-2/h5-8,10-11H,3-4,9H2,1-2H3,(H,22,24)(H,23,25). The van der Waals surface area contributed by atoms with Crippen LogP contribution in [0.5, 0.6) is 11.5 Å². The summed E-state index contributed by atoms with van der Waals surface area (Å²) in [7, 11) is 1.37. The number of carbonyl (C=O) groups excluding carboxylic acids is 2. The third-order valence-corrected chi connectivity index (χ3v) is 3.90. The van der Waals surface area contributed by atoms with Crippen LogP contribution in [0.4, 0.5) is 4.39 Å². The number of halogens is 2. The lowest BCUT2D eigenvalue weighted by molar-refractivity contribution is -0.122. The lowest BCUT2D eigenvalue weighted by Crippen LogP contribution is -2.41. The highest BCUT2D eigenvalue weighted by Gasteiger charge is 2.14. The summed E-state index contributed by atoms with van der Waals surface area (Å²) in [6.07, 6.45) is 0.597. The molecule has 0 atom stereocenters. The molecule has 144 valence electrons. The van der Waals surface area contributed by atoms with Gasteiger partial charge in [-0.2, -0.15) is 0 Å². The van der Waals surface area contributed by atoms with Crippen LogP contribution in [0.2, 0.25) is 5.02 Å². The second kappa shape index (κ2) is 9.78. The van der Waals surface area contributed by atoms with Crippen molar-refractivity contribution >= 4 is 23.4 Å². The summed E-state index contributed by atoms with van der Waals surface area (Å²) in [5.74, 6) is -0.744. The van der Waals surface area contributed by atoms with Gasteiger partial charge in [-0.15, -0.1) is 0 Å². The van der Waals surface area contributed by atoms with Gasteiger partial charge in [0, 0.05) is 11.4 Å². The van der Waals surface area contributed by atoms with E-state index in [-0.39, 0.29) is 17.7 Å². The van der Waals surface area contributed by atoms with Crippen molar-refractivity contribution in [2.75, 3.05) is 13.7 Å². The van der Waals surface area contributed by atoms with E-state index in [1.54, 1.807) is 18.2 Å². The Balaban J connectivity index is 1.74. The quantitative estimate of drug-likeness (QED) is 0.557. The molecule has 0 fully saturated rings. The van der Waals surface area contributed by atoms with Crippen LogP contribution in [0.25, 0.3) is 0 Å². The molecule has 0 saturated heterocycles. The van der Waals surface area contributed by atoms with Crippen molar-refractivity contribution in [2.45, 2.75) is 19.8 Å². The van der Waals surface area contributed by atoms with E-state index in [0.717, 1.165) is 11.6 Å². The molecule has 2 amide bonds. The fourth-order valence-electron chi connectivity index (χ4n) is 2.30. The Labute approximate surface area is 161 Å². The van der Waals surface area contributed by atoms with Crippen molar-refractivity contribution in [3.63, 3.8) is 0 Å². The van der Waals surface area contributed by atoms with Crippen molar-refractivity contribution in [3.8, 4) is 11.5 Å². The number of rotatable bonds is 7. The number of methoxy groups -OCH3 is 1. The molecule has 0 aliphatic rings. The van der Waals surface area contributed by atoms with E-state index in [2.05, 4.69) is 10.9 Å². The van der Waals surface area contributed by atoms with Crippen LogP contribution in [0, 0.1) is 12.7 Å². The average molecular weight is 395 g/mol. The predicted octanol–water partition coefficient (Wildman–Crippen LogP) is 3.42. The Morgan fingerprint density at radius 2 is 1.85 bits per heavy atom. The Morgan fingerprint density at radius 1 is 1.11 bits per heavy atom. The molecule has 0 unspecified atom stereocenters. The first kappa shape index (κ1) is 20.5. The zero-order valence-electron chi connectivity index (χ0n) is 15.0. The van der Waals surface area contributed by atoms with Crippen molar-refractivity contribution in [2.24, 2.45) is 0 Å². The molecule has 0 saturated carbocycles. The van der Waals surface area contributed by atoms with Gasteiger partial charge in [0.1, 0.15) is 17.3 Å². The third kappa shape index (κ3) is 6.14. The van der Waals surface area contributed by atoms with Crippen LogP contribution in [0.1, 0.15) is 28.8 Å². The molecule has 0 spiro atoms. The maximum absolute atomic E-state index is 13.3. The van der Waals surface area contributed by atoms with E-state index >= 15 is 0 Å². The number of hydrazine groups is 1. The third-order valence-electron chi connectivity index (χ3n) is 3.66. The van der Waals surface area contributed by atoms with Gasteiger partial charge in [-0.25, -0.2) is 4.39 Å². The molecule has 8 heteroatoms. The molecule has 2 N–H and O–H groups in total. The lowest BCUT2D eigenvalue weighted by atomic mass is 10.2. The normalized spacial score (nSPS) is 10.2. The molecule has 0 bridgehead atoms. The van der Waals surface area contributed by atoms with Gasteiger partial charge < -0.3 is 9.47 Å². The molecule has 6 nitrogen and oxygen atoms in total. The minimum Gasteiger partial charge on any atom is -0.496 e. The number of aryl methyl sites for hydroxylation is 1. The number of benzene rings is 2. The number of amides is 2. The van der Waals surface area contributed by atoms with E-state index < -0.39 is 17.6 Å². The second-order valence-corrected chi connectivity index (χ2v) is 6.15. The molecule has 27 heavy (non-hydrogen) atoms. The van der Waals surface area contributed by atoms with Gasteiger partial charge in [-0.1, -0.05) is 11.6 Å². The predicted molar refractivity (Wildman–Crippen MR) is 99.5 cm³/mol. The largest absolute Gasteiger partial charge is 0.496 e. The van der Waals surface area contributed by atoms with Gasteiger partial charge >= 0.3 is 0 Å². The van der Waals surface area contributed by atoms with E-state index in [9.17, 15) is 14.0 Å². The first-order valence-corrected chi connectivity index (χ1v) is 8.60. The fraction of sp³-hybridized carbons (Fsp3) is 0.263. The smallest absolute Gasteiger partial charge is 0.273 e. The summed E-state index contributed by atoms with van der Waals surface area (Å²) in [5, 5.41) is 0.630. The summed E-state index contributed by atoms with van der Waals surface area (Å²) in [4.78, 5) is 23.9. The minimum absolute atomic E-state index is 0.0145. The molecule has 2 aromatic carbocycles. The Kier molecular flexibility index (Phi) is 7.43. The van der Waals surface area contributed by atoms with Crippen LogP contribution in [-0.2, 0) is 4.79 Å². The molecule has 2 rings (SSSR count). The number of hydrogen-bond donors (Lipinski definition) is 2. The zero-order chi connectivity index (χ0) is 19.8. The van der Waals surface area contributed by atoms with Gasteiger partial charge in [0.05, 0.1) is 19.3 Å². The SMILES string of the molecule is COc1ccc(F)cc1C(=O)NNC(=O)CCCOc1ccc(Cl)cc1C. The summed E-state index contributed by atoms with van der Waals surface area (Å²) in [6.45, 7) is 2.21. The maximum Gasteiger partial charge on any atom is 0.273 e. The molecular formula is C19H20ClFN2O4. The van der Waals surface area contributed by atoms with Crippen LogP contribution in [-0.4, -0.2) is 25.5 Å². The molecule has 2 aromatic rings. The summed E-state index contributed by atoms with van der Waals surface area (Å²) < 4.78 is 23.9. The van der Waals surface area contributed by atoms with E-state index in [4.69, 9.17) is 21.1 Å². The maximum atomic E-state index is 13.3. The topological polar surface area (TPSA) is 76.7 Å². The second-order valence-electron chi connectivity index (χ2n) is 5.71. The number of hydrogen-bond acceptors (Lipinski definition) is 4. The molecule has 0 heterocycles. The van der Waals surface area contributed by atoms with Crippen LogP contribution < -0.4 is 20.3 Å². The van der Waals surface area contributed by atoms with Gasteiger partial charge in [0.2, 0.25) is 5.91 Å². The Bertz CT molecular complexity index is 829. The van der Waals surface area contributed by atoms with E-state index in [1.165, 1.54) is 19.2 Å². The average Bonchev–Trinajstić information content (AvgIpc) is 2.64. The van der Waals surface area contributed by atoms with Crippen molar-refractivity contribution in [3.05, 3.63) is 58.4 Å². The van der Waals surface area contributed by atoms with Crippen molar-refractivity contribution in [1.29, 1.82) is 0 Å². The molecule has 0 aliphatic carbocycles. The monoisotopic (exact) mass is 394 g/mol. The summed E-state index contributed by atoms with van der Waals surface area (Å²) >= 11 is 5.88. The van der Waals surface area contributed by atoms with Crippen LogP contribution >= 0.6 is 11.6 Å².